The van der Waals surface area contributed by atoms with Crippen LogP contribution in [-0.2, 0) is 11.2 Å². The maximum absolute atomic E-state index is 5.79. The molecule has 1 aromatic rings. The number of nitrogens with two attached hydrogens (primary N) is 1. The molecule has 1 heterocycles. The molecule has 1 aliphatic heterocycles. The zero-order chi connectivity index (χ0) is 12.1. The molecule has 0 aliphatic carbocycles. The van der Waals surface area contributed by atoms with Crippen molar-refractivity contribution >= 4 is 5.90 Å². The highest BCUT2D eigenvalue weighted by molar-refractivity contribution is 5.80. The molecule has 1 atom stereocenters. The molecule has 2 N–H and O–H groups in total. The van der Waals surface area contributed by atoms with Gasteiger partial charge in [0.2, 0.25) is 0 Å². The number of benzene rings is 1. The average Bonchev–Trinajstić information content (AvgIpc) is 2.77. The van der Waals surface area contributed by atoms with Crippen LogP contribution in [0.15, 0.2) is 29.3 Å². The van der Waals surface area contributed by atoms with E-state index in [4.69, 9.17) is 10.5 Å². The van der Waals surface area contributed by atoms with Gasteiger partial charge in [0.25, 0.3) is 0 Å². The van der Waals surface area contributed by atoms with E-state index in [0.29, 0.717) is 0 Å². The summed E-state index contributed by atoms with van der Waals surface area (Å²) >= 11 is 0. The Kier molecular flexibility index (Phi) is 4.15. The second-order valence-electron chi connectivity index (χ2n) is 4.57. The van der Waals surface area contributed by atoms with Crippen molar-refractivity contribution in [3.8, 4) is 0 Å². The maximum Gasteiger partial charge on any atom is 0.188 e. The van der Waals surface area contributed by atoms with Gasteiger partial charge in [-0.25, -0.2) is 0 Å². The van der Waals surface area contributed by atoms with E-state index in [1.54, 1.807) is 0 Å². The molecular formula is C14H20N2O. The minimum absolute atomic E-state index is 0.249. The normalized spacial score (nSPS) is 18.9. The molecule has 0 radical (unpaired) electrons. The minimum atomic E-state index is 0.249. The van der Waals surface area contributed by atoms with Gasteiger partial charge >= 0.3 is 0 Å². The van der Waals surface area contributed by atoms with Crippen molar-refractivity contribution in [1.29, 1.82) is 0 Å². The first kappa shape index (κ1) is 12.1. The summed E-state index contributed by atoms with van der Waals surface area (Å²) in [7, 11) is 0. The van der Waals surface area contributed by atoms with Crippen LogP contribution in [-0.4, -0.2) is 25.1 Å². The highest BCUT2D eigenvalue weighted by Crippen LogP contribution is 2.14. The van der Waals surface area contributed by atoms with Crippen molar-refractivity contribution in [2.24, 2.45) is 10.7 Å². The topological polar surface area (TPSA) is 47.6 Å². The number of ether oxygens (including phenoxy) is 1. The first-order valence-corrected chi connectivity index (χ1v) is 6.23. The molecule has 17 heavy (non-hydrogen) atoms. The van der Waals surface area contributed by atoms with Gasteiger partial charge in [-0.2, -0.15) is 0 Å². The number of rotatable bonds is 5. The smallest absolute Gasteiger partial charge is 0.188 e. The van der Waals surface area contributed by atoms with Crippen LogP contribution in [0, 0.1) is 6.92 Å². The standard InChI is InChI=1S/C14H20N2O/c1-11-4-6-12(7-5-11)9-14-16-10-13(17-14)3-2-8-15/h4-7,13H,2-3,8-10,15H2,1H3. The van der Waals surface area contributed by atoms with Crippen molar-refractivity contribution in [2.75, 3.05) is 13.1 Å². The fraction of sp³-hybridized carbons (Fsp3) is 0.500. The Bertz CT molecular complexity index is 384. The largest absolute Gasteiger partial charge is 0.475 e. The Morgan fingerprint density at radius 1 is 1.35 bits per heavy atom. The second-order valence-corrected chi connectivity index (χ2v) is 4.57. The third-order valence-corrected chi connectivity index (χ3v) is 2.98. The molecule has 0 spiro atoms. The van der Waals surface area contributed by atoms with E-state index in [1.165, 1.54) is 11.1 Å². The summed E-state index contributed by atoms with van der Waals surface area (Å²) in [5.74, 6) is 0.871. The van der Waals surface area contributed by atoms with Crippen LogP contribution in [0.2, 0.25) is 0 Å². The Balaban J connectivity index is 1.83. The monoisotopic (exact) mass is 232 g/mol. The van der Waals surface area contributed by atoms with Gasteiger partial charge in [-0.15, -0.1) is 0 Å². The molecule has 1 unspecified atom stereocenters. The molecule has 92 valence electrons. The lowest BCUT2D eigenvalue weighted by Crippen LogP contribution is -2.15. The van der Waals surface area contributed by atoms with Gasteiger partial charge in [-0.3, -0.25) is 4.99 Å². The highest BCUT2D eigenvalue weighted by atomic mass is 16.5. The van der Waals surface area contributed by atoms with E-state index in [0.717, 1.165) is 38.2 Å². The van der Waals surface area contributed by atoms with Crippen LogP contribution in [0.4, 0.5) is 0 Å². The summed E-state index contributed by atoms with van der Waals surface area (Å²) in [5, 5.41) is 0. The van der Waals surface area contributed by atoms with Gasteiger partial charge in [-0.05, 0) is 31.9 Å². The van der Waals surface area contributed by atoms with Crippen molar-refractivity contribution < 1.29 is 4.74 Å². The molecule has 1 aliphatic rings. The van der Waals surface area contributed by atoms with Crippen molar-refractivity contribution in [2.45, 2.75) is 32.3 Å². The zero-order valence-corrected chi connectivity index (χ0v) is 10.4. The molecule has 0 aromatic heterocycles. The third kappa shape index (κ3) is 3.56. The van der Waals surface area contributed by atoms with Gasteiger partial charge in [-0.1, -0.05) is 29.8 Å². The van der Waals surface area contributed by atoms with Gasteiger partial charge in [0, 0.05) is 6.42 Å². The van der Waals surface area contributed by atoms with Crippen LogP contribution in [0.3, 0.4) is 0 Å². The first-order valence-electron chi connectivity index (χ1n) is 6.23. The van der Waals surface area contributed by atoms with Crippen LogP contribution in [0.5, 0.6) is 0 Å². The van der Waals surface area contributed by atoms with Crippen molar-refractivity contribution in [3.05, 3.63) is 35.4 Å². The maximum atomic E-state index is 5.79. The highest BCUT2D eigenvalue weighted by Gasteiger charge is 2.18. The van der Waals surface area contributed by atoms with Crippen LogP contribution >= 0.6 is 0 Å². The molecule has 0 saturated carbocycles. The van der Waals surface area contributed by atoms with E-state index < -0.39 is 0 Å². The van der Waals surface area contributed by atoms with Crippen molar-refractivity contribution in [1.82, 2.24) is 0 Å². The first-order chi connectivity index (χ1) is 8.28. The predicted molar refractivity (Wildman–Crippen MR) is 70.3 cm³/mol. The summed E-state index contributed by atoms with van der Waals surface area (Å²) in [5.41, 5.74) is 8.03. The summed E-state index contributed by atoms with van der Waals surface area (Å²) < 4.78 is 5.79. The second kappa shape index (κ2) is 5.82. The third-order valence-electron chi connectivity index (χ3n) is 2.98. The fourth-order valence-corrected chi connectivity index (χ4v) is 1.94. The lowest BCUT2D eigenvalue weighted by Gasteiger charge is -2.10. The van der Waals surface area contributed by atoms with E-state index in [1.807, 2.05) is 0 Å². The average molecular weight is 232 g/mol. The summed E-state index contributed by atoms with van der Waals surface area (Å²) in [6.45, 7) is 3.62. The Hall–Kier alpha value is -1.35. The number of aliphatic imine (C=N–C) groups is 1. The van der Waals surface area contributed by atoms with Crippen LogP contribution in [0.1, 0.15) is 24.0 Å². The Morgan fingerprint density at radius 2 is 2.12 bits per heavy atom. The molecule has 0 bridgehead atoms. The molecular weight excluding hydrogens is 212 g/mol. The quantitative estimate of drug-likeness (QED) is 0.845. The summed E-state index contributed by atoms with van der Waals surface area (Å²) in [6, 6.07) is 8.51. The molecule has 3 heteroatoms. The van der Waals surface area contributed by atoms with E-state index in [2.05, 4.69) is 36.2 Å². The molecule has 3 nitrogen and oxygen atoms in total. The summed E-state index contributed by atoms with van der Waals surface area (Å²) in [6.07, 6.45) is 3.08. The number of aryl methyl sites for hydroxylation is 1. The zero-order valence-electron chi connectivity index (χ0n) is 10.4. The number of hydrogen-bond donors (Lipinski definition) is 1. The SMILES string of the molecule is Cc1ccc(CC2=NCC(CCCN)O2)cc1. The lowest BCUT2D eigenvalue weighted by molar-refractivity contribution is 0.207. The lowest BCUT2D eigenvalue weighted by atomic mass is 10.1. The van der Waals surface area contributed by atoms with Crippen molar-refractivity contribution in [3.63, 3.8) is 0 Å². The molecule has 0 amide bonds. The number of nitrogens with zero attached hydrogens (tertiary/aromatic N) is 1. The van der Waals surface area contributed by atoms with E-state index >= 15 is 0 Å². The van der Waals surface area contributed by atoms with Gasteiger partial charge < -0.3 is 10.5 Å². The minimum Gasteiger partial charge on any atom is -0.475 e. The van der Waals surface area contributed by atoms with E-state index in [-0.39, 0.29) is 6.10 Å². The van der Waals surface area contributed by atoms with Gasteiger partial charge in [0.15, 0.2) is 5.90 Å². The van der Waals surface area contributed by atoms with Crippen LogP contribution in [0.25, 0.3) is 0 Å². The Morgan fingerprint density at radius 3 is 2.82 bits per heavy atom. The number of hydrogen-bond acceptors (Lipinski definition) is 3. The van der Waals surface area contributed by atoms with E-state index in [9.17, 15) is 0 Å². The molecule has 0 fully saturated rings. The van der Waals surface area contributed by atoms with Crippen LogP contribution < -0.4 is 5.73 Å². The fourth-order valence-electron chi connectivity index (χ4n) is 1.94. The summed E-state index contributed by atoms with van der Waals surface area (Å²) in [4.78, 5) is 4.44. The Labute approximate surface area is 103 Å². The molecule has 0 saturated heterocycles. The predicted octanol–water partition coefficient (Wildman–Crippen LogP) is 2.07. The van der Waals surface area contributed by atoms with Gasteiger partial charge in [0.1, 0.15) is 6.10 Å². The molecule has 2 rings (SSSR count). The van der Waals surface area contributed by atoms with Gasteiger partial charge in [0.05, 0.1) is 6.54 Å². The molecule has 1 aromatic carbocycles.